The van der Waals surface area contributed by atoms with Gasteiger partial charge in [0.15, 0.2) is 6.29 Å². The molecule has 1 aromatic heterocycles. The van der Waals surface area contributed by atoms with Crippen LogP contribution in [0, 0.1) is 3.70 Å². The Hall–Kier alpha value is -0.790. The number of nitrogens with zero attached hydrogens (tertiary/aromatic N) is 1. The van der Waals surface area contributed by atoms with E-state index in [9.17, 15) is 13.6 Å². The Labute approximate surface area is 86.5 Å². The molecule has 0 atom stereocenters. The maximum absolute atomic E-state index is 12.3. The quantitative estimate of drug-likeness (QED) is 0.516. The first-order valence-electron chi connectivity index (χ1n) is 3.25. The van der Waals surface area contributed by atoms with Gasteiger partial charge in [-0.3, -0.25) is 4.79 Å². The summed E-state index contributed by atoms with van der Waals surface area (Å²) in [6.45, 7) is 0. The number of nitrogen functional groups attached to an aromatic ring is 1. The van der Waals surface area contributed by atoms with Gasteiger partial charge < -0.3 is 5.73 Å². The number of halogens is 3. The van der Waals surface area contributed by atoms with Crippen LogP contribution < -0.4 is 5.73 Å². The van der Waals surface area contributed by atoms with Gasteiger partial charge in [-0.2, -0.15) is 0 Å². The summed E-state index contributed by atoms with van der Waals surface area (Å²) in [5, 5.41) is 0. The second kappa shape index (κ2) is 3.95. The lowest BCUT2D eigenvalue weighted by atomic mass is 10.2. The Morgan fingerprint density at radius 3 is 2.69 bits per heavy atom. The molecule has 0 unspecified atom stereocenters. The van der Waals surface area contributed by atoms with Gasteiger partial charge in [0.05, 0.1) is 5.69 Å². The molecule has 2 N–H and O–H groups in total. The van der Waals surface area contributed by atoms with Crippen LogP contribution in [0.2, 0.25) is 0 Å². The summed E-state index contributed by atoms with van der Waals surface area (Å²) >= 11 is 1.77. The number of carbonyl (C=O) groups excluding carboxylic acids is 1. The summed E-state index contributed by atoms with van der Waals surface area (Å²) in [5.74, 6) is 0. The normalized spacial score (nSPS) is 10.5. The Morgan fingerprint density at radius 1 is 1.62 bits per heavy atom. The third-order valence-corrected chi connectivity index (χ3v) is 2.27. The molecule has 0 saturated heterocycles. The molecule has 3 nitrogen and oxygen atoms in total. The maximum atomic E-state index is 12.3. The van der Waals surface area contributed by atoms with Crippen LogP contribution >= 0.6 is 22.6 Å². The Bertz CT molecular complexity index is 344. The molecule has 1 aromatic rings. The molecule has 0 fully saturated rings. The predicted octanol–water partition coefficient (Wildman–Crippen LogP) is 2.02. The van der Waals surface area contributed by atoms with Crippen LogP contribution in [0.3, 0.4) is 0 Å². The van der Waals surface area contributed by atoms with Crippen LogP contribution in [-0.4, -0.2) is 11.3 Å². The average molecular weight is 298 g/mol. The van der Waals surface area contributed by atoms with Crippen LogP contribution in [0.15, 0.2) is 6.07 Å². The van der Waals surface area contributed by atoms with E-state index in [-0.39, 0.29) is 11.4 Å². The Kier molecular flexibility index (Phi) is 3.12. The molecule has 1 heterocycles. The number of anilines is 1. The number of hydrogen-bond acceptors (Lipinski definition) is 3. The topological polar surface area (TPSA) is 56.0 Å². The summed E-state index contributed by atoms with van der Waals surface area (Å²) < 4.78 is 24.9. The van der Waals surface area contributed by atoms with Crippen molar-refractivity contribution in [3.05, 3.63) is 21.0 Å². The predicted molar refractivity (Wildman–Crippen MR) is 51.7 cm³/mol. The van der Waals surface area contributed by atoms with Crippen molar-refractivity contribution >= 4 is 34.6 Å². The lowest BCUT2D eigenvalue weighted by molar-refractivity contribution is 0.110. The summed E-state index contributed by atoms with van der Waals surface area (Å²) in [6, 6.07) is 1.07. The molecule has 13 heavy (non-hydrogen) atoms. The van der Waals surface area contributed by atoms with Crippen molar-refractivity contribution in [1.29, 1.82) is 0 Å². The largest absolute Gasteiger partial charge is 0.397 e. The van der Waals surface area contributed by atoms with Crippen molar-refractivity contribution in [1.82, 2.24) is 4.98 Å². The van der Waals surface area contributed by atoms with E-state index in [1.54, 1.807) is 22.6 Å². The molecular formula is C7H5F2IN2O. The number of aldehydes is 1. The number of aromatic nitrogens is 1. The first-order valence-corrected chi connectivity index (χ1v) is 4.33. The monoisotopic (exact) mass is 298 g/mol. The highest BCUT2D eigenvalue weighted by Crippen LogP contribution is 2.25. The number of carbonyl (C=O) groups is 1. The Balaban J connectivity index is 3.32. The molecule has 0 saturated carbocycles. The van der Waals surface area contributed by atoms with Crippen molar-refractivity contribution in [2.45, 2.75) is 6.43 Å². The summed E-state index contributed by atoms with van der Waals surface area (Å²) in [6.07, 6.45) is -2.43. The van der Waals surface area contributed by atoms with Gasteiger partial charge in [0, 0.05) is 5.56 Å². The van der Waals surface area contributed by atoms with Gasteiger partial charge in [0.1, 0.15) is 9.39 Å². The molecule has 70 valence electrons. The van der Waals surface area contributed by atoms with Gasteiger partial charge >= 0.3 is 0 Å². The average Bonchev–Trinajstić information content (AvgIpc) is 2.08. The van der Waals surface area contributed by atoms with Crippen molar-refractivity contribution in [2.24, 2.45) is 0 Å². The van der Waals surface area contributed by atoms with Crippen LogP contribution in [-0.2, 0) is 0 Å². The van der Waals surface area contributed by atoms with E-state index in [0.29, 0.717) is 9.99 Å². The zero-order valence-corrected chi connectivity index (χ0v) is 8.46. The molecule has 0 bridgehead atoms. The molecule has 1 rings (SSSR count). The second-order valence-corrected chi connectivity index (χ2v) is 3.28. The van der Waals surface area contributed by atoms with Crippen LogP contribution in [0.4, 0.5) is 14.5 Å². The highest BCUT2D eigenvalue weighted by atomic mass is 127. The third kappa shape index (κ3) is 2.11. The molecule has 0 amide bonds. The van der Waals surface area contributed by atoms with E-state index in [2.05, 4.69) is 4.98 Å². The summed E-state index contributed by atoms with van der Waals surface area (Å²) in [4.78, 5) is 14.0. The smallest absolute Gasteiger partial charge is 0.266 e. The van der Waals surface area contributed by atoms with E-state index in [1.807, 2.05) is 0 Å². The molecule has 0 aromatic carbocycles. The number of hydrogen-bond donors (Lipinski definition) is 1. The molecule has 0 aliphatic heterocycles. The van der Waals surface area contributed by atoms with E-state index >= 15 is 0 Å². The fraction of sp³-hybridized carbons (Fsp3) is 0.143. The van der Waals surface area contributed by atoms with Crippen molar-refractivity contribution in [3.8, 4) is 0 Å². The van der Waals surface area contributed by atoms with Gasteiger partial charge in [-0.15, -0.1) is 0 Å². The van der Waals surface area contributed by atoms with Crippen molar-refractivity contribution in [2.75, 3.05) is 5.73 Å². The fourth-order valence-corrected chi connectivity index (χ4v) is 1.22. The highest BCUT2D eigenvalue weighted by Gasteiger charge is 2.15. The second-order valence-electron chi connectivity index (χ2n) is 2.26. The first kappa shape index (κ1) is 10.3. The maximum Gasteiger partial charge on any atom is 0.266 e. The van der Waals surface area contributed by atoms with E-state index in [4.69, 9.17) is 5.73 Å². The third-order valence-electron chi connectivity index (χ3n) is 1.41. The van der Waals surface area contributed by atoms with Crippen LogP contribution in [0.5, 0.6) is 0 Å². The van der Waals surface area contributed by atoms with Gasteiger partial charge in [-0.05, 0) is 28.7 Å². The number of nitrogens with two attached hydrogens (primary N) is 1. The Morgan fingerprint density at radius 2 is 2.23 bits per heavy atom. The van der Waals surface area contributed by atoms with Gasteiger partial charge in [-0.25, -0.2) is 13.8 Å². The highest BCUT2D eigenvalue weighted by molar-refractivity contribution is 14.1. The number of pyridine rings is 1. The van der Waals surface area contributed by atoms with Gasteiger partial charge in [0.25, 0.3) is 6.43 Å². The lowest BCUT2D eigenvalue weighted by Gasteiger charge is -2.05. The standard InChI is InChI=1S/C7H5F2IN2O/c8-6(9)3-1-4(11)7(10)12-5(3)2-13/h1-2,6H,11H2. The number of alkyl halides is 2. The molecule has 0 spiro atoms. The van der Waals surface area contributed by atoms with E-state index < -0.39 is 12.0 Å². The summed E-state index contributed by atoms with van der Waals surface area (Å²) in [5.41, 5.74) is 4.84. The molecule has 0 aliphatic rings. The van der Waals surface area contributed by atoms with Gasteiger partial charge in [0.2, 0.25) is 0 Å². The molecule has 6 heteroatoms. The van der Waals surface area contributed by atoms with Crippen molar-refractivity contribution < 1.29 is 13.6 Å². The summed E-state index contributed by atoms with van der Waals surface area (Å²) in [7, 11) is 0. The van der Waals surface area contributed by atoms with Crippen LogP contribution in [0.25, 0.3) is 0 Å². The van der Waals surface area contributed by atoms with E-state index in [1.165, 1.54) is 0 Å². The van der Waals surface area contributed by atoms with Crippen molar-refractivity contribution in [3.63, 3.8) is 0 Å². The number of rotatable bonds is 2. The minimum Gasteiger partial charge on any atom is -0.397 e. The van der Waals surface area contributed by atoms with Crippen LogP contribution in [0.1, 0.15) is 22.5 Å². The fourth-order valence-electron chi connectivity index (χ4n) is 0.805. The zero-order valence-electron chi connectivity index (χ0n) is 6.30. The minimum absolute atomic E-state index is 0.154. The van der Waals surface area contributed by atoms with E-state index in [0.717, 1.165) is 6.07 Å². The molecular weight excluding hydrogens is 293 g/mol. The van der Waals surface area contributed by atoms with Gasteiger partial charge in [-0.1, -0.05) is 0 Å². The first-order chi connectivity index (χ1) is 6.06. The molecule has 0 radical (unpaired) electrons. The molecule has 0 aliphatic carbocycles. The lowest BCUT2D eigenvalue weighted by Crippen LogP contribution is -2.02. The minimum atomic E-state index is -2.73. The SMILES string of the molecule is Nc1cc(C(F)F)c(C=O)nc1I. The zero-order chi connectivity index (χ0) is 10.0.